The van der Waals surface area contributed by atoms with Gasteiger partial charge in [0.2, 0.25) is 5.13 Å². The van der Waals surface area contributed by atoms with Gasteiger partial charge in [-0.3, -0.25) is 10.1 Å². The second kappa shape index (κ2) is 8.56. The van der Waals surface area contributed by atoms with Gasteiger partial charge < -0.3 is 4.90 Å². The number of anilines is 2. The molecule has 1 heterocycles. The van der Waals surface area contributed by atoms with Crippen molar-refractivity contribution < 1.29 is 4.79 Å². The van der Waals surface area contributed by atoms with E-state index in [2.05, 4.69) is 10.3 Å². The average Bonchev–Trinajstić information content (AvgIpc) is 3.00. The van der Waals surface area contributed by atoms with Crippen molar-refractivity contribution in [3.63, 3.8) is 0 Å². The van der Waals surface area contributed by atoms with Crippen LogP contribution < -0.4 is 15.9 Å². The first kappa shape index (κ1) is 19.4. The molecular weight excluding hydrogens is 407 g/mol. The Morgan fingerprint density at radius 1 is 1.11 bits per heavy atom. The van der Waals surface area contributed by atoms with Crippen molar-refractivity contribution in [3.05, 3.63) is 74.6 Å². The molecule has 1 N–H and O–H groups in total. The number of rotatable bonds is 6. The summed E-state index contributed by atoms with van der Waals surface area (Å²) in [6.45, 7) is 1.06. The minimum absolute atomic E-state index is 0.258. The first-order chi connectivity index (χ1) is 12.9. The monoisotopic (exact) mass is 422 g/mol. The molecule has 0 bridgehead atoms. The summed E-state index contributed by atoms with van der Waals surface area (Å²) in [5.41, 5.74) is 1.04. The van der Waals surface area contributed by atoms with E-state index in [1.54, 1.807) is 24.3 Å². The summed E-state index contributed by atoms with van der Waals surface area (Å²) in [4.78, 5) is 30.2. The van der Waals surface area contributed by atoms with Gasteiger partial charge in [-0.25, -0.2) is 8.75 Å². The molecule has 1 aromatic heterocycles. The molecule has 140 valence electrons. The Morgan fingerprint density at radius 2 is 1.70 bits per heavy atom. The highest BCUT2D eigenvalue weighted by molar-refractivity contribution is 7.10. The van der Waals surface area contributed by atoms with Crippen molar-refractivity contribution in [2.75, 3.05) is 23.8 Å². The minimum Gasteiger partial charge on any atom is -0.373 e. The topological polar surface area (TPSA) is 67.2 Å². The van der Waals surface area contributed by atoms with Crippen LogP contribution in [0.3, 0.4) is 0 Å². The second-order valence-corrected chi connectivity index (χ2v) is 7.63. The molecule has 0 saturated heterocycles. The third-order valence-electron chi connectivity index (χ3n) is 3.84. The number of carbonyl (C=O) groups excluding carboxylic acids is 1. The first-order valence-corrected chi connectivity index (χ1v) is 9.57. The van der Waals surface area contributed by atoms with E-state index in [0.29, 0.717) is 28.7 Å². The van der Waals surface area contributed by atoms with Crippen LogP contribution in [0.1, 0.15) is 10.4 Å². The zero-order valence-electron chi connectivity index (χ0n) is 14.4. The van der Waals surface area contributed by atoms with Crippen LogP contribution in [0.5, 0.6) is 0 Å². The van der Waals surface area contributed by atoms with Gasteiger partial charge in [0.1, 0.15) is 0 Å². The molecule has 3 aromatic rings. The number of nitrogens with zero attached hydrogens (tertiary/aromatic N) is 3. The molecule has 1 amide bonds. The Kier molecular flexibility index (Phi) is 6.15. The third-order valence-corrected chi connectivity index (χ3v) is 5.27. The number of hydrogen-bond donors (Lipinski definition) is 1. The van der Waals surface area contributed by atoms with Gasteiger partial charge in [0, 0.05) is 34.9 Å². The fourth-order valence-electron chi connectivity index (χ4n) is 2.33. The molecule has 27 heavy (non-hydrogen) atoms. The van der Waals surface area contributed by atoms with E-state index in [9.17, 15) is 9.59 Å². The fourth-order valence-corrected chi connectivity index (χ4v) is 3.34. The second-order valence-electron chi connectivity index (χ2n) is 5.75. The fraction of sp³-hybridized carbons (Fsp3) is 0.167. The lowest BCUT2D eigenvalue weighted by Gasteiger charge is -2.18. The maximum Gasteiger partial charge on any atom is 0.359 e. The highest BCUT2D eigenvalue weighted by atomic mass is 35.5. The Hall–Kier alpha value is -2.35. The SMILES string of the molecule is CN(CCn1sc(NC(=O)c2ccc(Cl)cc2)nc1=O)c1ccc(Cl)cc1. The predicted octanol–water partition coefficient (Wildman–Crippen LogP) is 4.00. The van der Waals surface area contributed by atoms with Crippen LogP contribution in [0.15, 0.2) is 53.3 Å². The lowest BCUT2D eigenvalue weighted by molar-refractivity contribution is 0.102. The molecular formula is C18H16Cl2N4O2S. The van der Waals surface area contributed by atoms with Crippen LogP contribution in [0.4, 0.5) is 10.8 Å². The normalized spacial score (nSPS) is 10.6. The molecule has 0 radical (unpaired) electrons. The Labute approximate surface area is 170 Å². The van der Waals surface area contributed by atoms with Crippen LogP contribution in [0.2, 0.25) is 10.0 Å². The number of benzene rings is 2. The van der Waals surface area contributed by atoms with Gasteiger partial charge in [0.05, 0.1) is 6.54 Å². The number of amides is 1. The Bertz CT molecular complexity index is 984. The van der Waals surface area contributed by atoms with Crippen molar-refractivity contribution in [1.29, 1.82) is 0 Å². The highest BCUT2D eigenvalue weighted by Gasteiger charge is 2.12. The van der Waals surface area contributed by atoms with Gasteiger partial charge in [-0.2, -0.15) is 4.98 Å². The third kappa shape index (κ3) is 5.09. The van der Waals surface area contributed by atoms with E-state index in [1.165, 1.54) is 3.96 Å². The number of carbonyl (C=O) groups is 1. The molecule has 0 spiro atoms. The Morgan fingerprint density at radius 3 is 2.33 bits per heavy atom. The molecule has 3 rings (SSSR count). The molecule has 0 unspecified atom stereocenters. The number of nitrogens with one attached hydrogen (secondary N) is 1. The van der Waals surface area contributed by atoms with Gasteiger partial charge in [-0.1, -0.05) is 23.2 Å². The summed E-state index contributed by atoms with van der Waals surface area (Å²) < 4.78 is 1.50. The number of halogens is 2. The number of likely N-dealkylation sites (N-methyl/N-ethyl adjacent to an activating group) is 1. The van der Waals surface area contributed by atoms with E-state index < -0.39 is 5.69 Å². The first-order valence-electron chi connectivity index (χ1n) is 8.04. The zero-order chi connectivity index (χ0) is 19.4. The van der Waals surface area contributed by atoms with Gasteiger partial charge in [0.15, 0.2) is 0 Å². The smallest absolute Gasteiger partial charge is 0.359 e. The van der Waals surface area contributed by atoms with Crippen LogP contribution in [-0.2, 0) is 6.54 Å². The van der Waals surface area contributed by atoms with Crippen LogP contribution in [0, 0.1) is 0 Å². The van der Waals surface area contributed by atoms with E-state index in [-0.39, 0.29) is 11.0 Å². The number of hydrogen-bond acceptors (Lipinski definition) is 5. The maximum atomic E-state index is 12.2. The largest absolute Gasteiger partial charge is 0.373 e. The lowest BCUT2D eigenvalue weighted by atomic mass is 10.2. The van der Waals surface area contributed by atoms with Gasteiger partial charge >= 0.3 is 5.69 Å². The maximum absolute atomic E-state index is 12.2. The molecule has 0 fully saturated rings. The minimum atomic E-state index is -0.393. The van der Waals surface area contributed by atoms with Crippen molar-refractivity contribution in [2.24, 2.45) is 0 Å². The van der Waals surface area contributed by atoms with Crippen LogP contribution >= 0.6 is 34.7 Å². The molecule has 0 aliphatic rings. The molecule has 0 aliphatic carbocycles. The summed E-state index contributed by atoms with van der Waals surface area (Å²) in [7, 11) is 1.93. The molecule has 2 aromatic carbocycles. The molecule has 9 heteroatoms. The quantitative estimate of drug-likeness (QED) is 0.651. The van der Waals surface area contributed by atoms with Crippen molar-refractivity contribution >= 4 is 51.5 Å². The summed E-state index contributed by atoms with van der Waals surface area (Å²) in [6.07, 6.45) is 0. The van der Waals surface area contributed by atoms with Crippen LogP contribution in [-0.4, -0.2) is 28.4 Å². The van der Waals surface area contributed by atoms with Gasteiger partial charge in [-0.15, -0.1) is 0 Å². The summed E-state index contributed by atoms with van der Waals surface area (Å²) in [5.74, 6) is -0.342. The van der Waals surface area contributed by atoms with Crippen molar-refractivity contribution in [3.8, 4) is 0 Å². The van der Waals surface area contributed by atoms with E-state index in [0.717, 1.165) is 17.2 Å². The van der Waals surface area contributed by atoms with Crippen molar-refractivity contribution in [2.45, 2.75) is 6.54 Å². The molecule has 0 saturated carbocycles. The average molecular weight is 423 g/mol. The van der Waals surface area contributed by atoms with Gasteiger partial charge in [-0.05, 0) is 60.1 Å². The van der Waals surface area contributed by atoms with E-state index >= 15 is 0 Å². The predicted molar refractivity (Wildman–Crippen MR) is 111 cm³/mol. The van der Waals surface area contributed by atoms with Crippen LogP contribution in [0.25, 0.3) is 0 Å². The summed E-state index contributed by atoms with van der Waals surface area (Å²) in [5, 5.41) is 4.12. The van der Waals surface area contributed by atoms with Crippen molar-refractivity contribution in [1.82, 2.24) is 8.94 Å². The molecule has 6 nitrogen and oxygen atoms in total. The number of aromatic nitrogens is 2. The van der Waals surface area contributed by atoms with E-state index in [4.69, 9.17) is 23.2 Å². The molecule has 0 aliphatic heterocycles. The summed E-state index contributed by atoms with van der Waals surface area (Å²) >= 11 is 12.8. The zero-order valence-corrected chi connectivity index (χ0v) is 16.7. The van der Waals surface area contributed by atoms with E-state index in [1.807, 2.05) is 36.2 Å². The molecule has 0 atom stereocenters. The standard InChI is InChI=1S/C18H16Cl2N4O2S/c1-23(15-8-6-14(20)7-9-15)10-11-24-18(26)22-17(27-24)21-16(25)12-2-4-13(19)5-3-12/h2-9H,10-11H2,1H3,(H,21,22,25,26). The van der Waals surface area contributed by atoms with Gasteiger partial charge in [0.25, 0.3) is 5.91 Å². The Balaban J connectivity index is 1.62. The summed E-state index contributed by atoms with van der Waals surface area (Å²) in [6, 6.07) is 13.9. The highest BCUT2D eigenvalue weighted by Crippen LogP contribution is 2.17. The lowest BCUT2D eigenvalue weighted by Crippen LogP contribution is -2.26.